The van der Waals surface area contributed by atoms with E-state index in [0.717, 1.165) is 11.3 Å². The molecule has 1 aromatic rings. The van der Waals surface area contributed by atoms with Gasteiger partial charge in [-0.25, -0.2) is 0 Å². The van der Waals surface area contributed by atoms with E-state index >= 15 is 0 Å². The van der Waals surface area contributed by atoms with Gasteiger partial charge in [0.2, 0.25) is 5.91 Å². The molecule has 0 spiro atoms. The lowest BCUT2D eigenvalue weighted by Gasteiger charge is -2.09. The van der Waals surface area contributed by atoms with E-state index < -0.39 is 0 Å². The molecular formula is C11H16N2O2. The van der Waals surface area contributed by atoms with E-state index in [0.29, 0.717) is 18.7 Å². The van der Waals surface area contributed by atoms with Gasteiger partial charge in [-0.1, -0.05) is 6.07 Å². The van der Waals surface area contributed by atoms with Crippen LogP contribution in [-0.4, -0.2) is 19.6 Å². The van der Waals surface area contributed by atoms with Crippen molar-refractivity contribution in [2.75, 3.05) is 19.4 Å². The smallest absolute Gasteiger partial charge is 0.223 e. The second-order valence-corrected chi connectivity index (χ2v) is 3.30. The number of rotatable bonds is 4. The molecule has 0 aliphatic rings. The van der Waals surface area contributed by atoms with Gasteiger partial charge in [-0.3, -0.25) is 4.79 Å². The first kappa shape index (κ1) is 11.4. The summed E-state index contributed by atoms with van der Waals surface area (Å²) in [6.07, 6.45) is 0.352. The summed E-state index contributed by atoms with van der Waals surface area (Å²) in [4.78, 5) is 10.9. The first-order valence-electron chi connectivity index (χ1n) is 4.83. The minimum atomic E-state index is -0.0310. The molecule has 1 aromatic carbocycles. The number of carbonyl (C=O) groups is 1. The Hall–Kier alpha value is -1.71. The van der Waals surface area contributed by atoms with Gasteiger partial charge in [-0.2, -0.15) is 0 Å². The van der Waals surface area contributed by atoms with Crippen LogP contribution in [0.4, 0.5) is 5.69 Å². The summed E-state index contributed by atoms with van der Waals surface area (Å²) in [5, 5.41) is 2.53. The van der Waals surface area contributed by atoms with E-state index in [9.17, 15) is 4.79 Å². The standard InChI is InChI=1S/C11H16N2O2/c1-8-3-4-9(12)7-10(8)15-6-5-11(14)13-2/h3-4,7H,5-6,12H2,1-2H3,(H,13,14). The number of nitrogens with two attached hydrogens (primary N) is 1. The number of aryl methyl sites for hydroxylation is 1. The Labute approximate surface area is 89.4 Å². The monoisotopic (exact) mass is 208 g/mol. The molecular weight excluding hydrogens is 192 g/mol. The Morgan fingerprint density at radius 1 is 1.53 bits per heavy atom. The maximum atomic E-state index is 10.9. The van der Waals surface area contributed by atoms with Crippen LogP contribution in [0.3, 0.4) is 0 Å². The van der Waals surface area contributed by atoms with Gasteiger partial charge in [0.05, 0.1) is 13.0 Å². The number of anilines is 1. The fourth-order valence-electron chi connectivity index (χ4n) is 1.15. The quantitative estimate of drug-likeness (QED) is 0.728. The summed E-state index contributed by atoms with van der Waals surface area (Å²) >= 11 is 0. The molecule has 15 heavy (non-hydrogen) atoms. The molecule has 0 atom stereocenters. The number of hydrogen-bond acceptors (Lipinski definition) is 3. The summed E-state index contributed by atoms with van der Waals surface area (Å²) in [6.45, 7) is 2.30. The Morgan fingerprint density at radius 3 is 2.93 bits per heavy atom. The molecule has 3 N–H and O–H groups in total. The molecule has 0 fully saturated rings. The van der Waals surface area contributed by atoms with E-state index in [1.54, 1.807) is 13.1 Å². The van der Waals surface area contributed by atoms with Crippen molar-refractivity contribution in [3.05, 3.63) is 23.8 Å². The minimum Gasteiger partial charge on any atom is -0.493 e. The van der Waals surface area contributed by atoms with Crippen LogP contribution in [0.1, 0.15) is 12.0 Å². The van der Waals surface area contributed by atoms with E-state index in [2.05, 4.69) is 5.32 Å². The summed E-state index contributed by atoms with van der Waals surface area (Å²) in [6, 6.07) is 5.48. The molecule has 0 unspecified atom stereocenters. The topological polar surface area (TPSA) is 64.3 Å². The SMILES string of the molecule is CNC(=O)CCOc1cc(N)ccc1C. The van der Waals surface area contributed by atoms with Gasteiger partial charge in [0.25, 0.3) is 0 Å². The van der Waals surface area contributed by atoms with Gasteiger partial charge in [-0.05, 0) is 18.6 Å². The van der Waals surface area contributed by atoms with Crippen LogP contribution < -0.4 is 15.8 Å². The molecule has 1 amide bonds. The Morgan fingerprint density at radius 2 is 2.27 bits per heavy atom. The number of amides is 1. The van der Waals surface area contributed by atoms with E-state index in [-0.39, 0.29) is 5.91 Å². The predicted octanol–water partition coefficient (Wildman–Crippen LogP) is 1.09. The first-order chi connectivity index (χ1) is 7.13. The molecule has 0 bridgehead atoms. The number of benzene rings is 1. The summed E-state index contributed by atoms with van der Waals surface area (Å²) in [5.41, 5.74) is 7.30. The molecule has 4 heteroatoms. The van der Waals surface area contributed by atoms with Crippen molar-refractivity contribution in [3.63, 3.8) is 0 Å². The fourth-order valence-corrected chi connectivity index (χ4v) is 1.15. The van der Waals surface area contributed by atoms with Crippen molar-refractivity contribution in [1.29, 1.82) is 0 Å². The average molecular weight is 208 g/mol. The highest BCUT2D eigenvalue weighted by molar-refractivity contribution is 5.75. The normalized spacial score (nSPS) is 9.73. The second-order valence-electron chi connectivity index (χ2n) is 3.30. The highest BCUT2D eigenvalue weighted by Gasteiger charge is 2.02. The molecule has 0 radical (unpaired) electrons. The van der Waals surface area contributed by atoms with Gasteiger partial charge in [-0.15, -0.1) is 0 Å². The van der Waals surface area contributed by atoms with Crippen molar-refractivity contribution < 1.29 is 9.53 Å². The number of ether oxygens (including phenoxy) is 1. The molecule has 0 aliphatic heterocycles. The summed E-state index contributed by atoms with van der Waals surface area (Å²) in [5.74, 6) is 0.704. The van der Waals surface area contributed by atoms with E-state index in [1.807, 2.05) is 19.1 Å². The van der Waals surface area contributed by atoms with Crippen LogP contribution in [-0.2, 0) is 4.79 Å². The summed E-state index contributed by atoms with van der Waals surface area (Å²) < 4.78 is 5.45. The van der Waals surface area contributed by atoms with Crippen molar-refractivity contribution in [2.45, 2.75) is 13.3 Å². The molecule has 0 saturated carbocycles. The Kier molecular flexibility index (Phi) is 3.97. The molecule has 0 heterocycles. The maximum absolute atomic E-state index is 10.9. The zero-order chi connectivity index (χ0) is 11.3. The fraction of sp³-hybridized carbons (Fsp3) is 0.364. The maximum Gasteiger partial charge on any atom is 0.223 e. The highest BCUT2D eigenvalue weighted by Crippen LogP contribution is 2.20. The third-order valence-corrected chi connectivity index (χ3v) is 2.08. The average Bonchev–Trinajstić information content (AvgIpc) is 2.23. The Bertz CT molecular complexity index is 350. The van der Waals surface area contributed by atoms with Crippen LogP contribution in [0, 0.1) is 6.92 Å². The van der Waals surface area contributed by atoms with Gasteiger partial charge in [0.15, 0.2) is 0 Å². The van der Waals surface area contributed by atoms with E-state index in [1.165, 1.54) is 0 Å². The number of hydrogen-bond donors (Lipinski definition) is 2. The van der Waals surface area contributed by atoms with Gasteiger partial charge >= 0.3 is 0 Å². The van der Waals surface area contributed by atoms with Crippen LogP contribution in [0.15, 0.2) is 18.2 Å². The molecule has 4 nitrogen and oxygen atoms in total. The van der Waals surface area contributed by atoms with Crippen LogP contribution in [0.2, 0.25) is 0 Å². The molecule has 0 aromatic heterocycles. The van der Waals surface area contributed by atoms with Crippen LogP contribution in [0.5, 0.6) is 5.75 Å². The molecule has 0 aliphatic carbocycles. The van der Waals surface area contributed by atoms with Gasteiger partial charge in [0.1, 0.15) is 5.75 Å². The molecule has 82 valence electrons. The highest BCUT2D eigenvalue weighted by atomic mass is 16.5. The van der Waals surface area contributed by atoms with Crippen LogP contribution in [0.25, 0.3) is 0 Å². The molecule has 0 saturated heterocycles. The third-order valence-electron chi connectivity index (χ3n) is 2.08. The largest absolute Gasteiger partial charge is 0.493 e. The van der Waals surface area contributed by atoms with Crippen molar-refractivity contribution >= 4 is 11.6 Å². The number of carbonyl (C=O) groups excluding carboxylic acids is 1. The Balaban J connectivity index is 2.50. The van der Waals surface area contributed by atoms with E-state index in [4.69, 9.17) is 10.5 Å². The molecule has 1 rings (SSSR count). The zero-order valence-electron chi connectivity index (χ0n) is 9.04. The van der Waals surface area contributed by atoms with Gasteiger partial charge < -0.3 is 15.8 Å². The van der Waals surface area contributed by atoms with Crippen molar-refractivity contribution in [2.24, 2.45) is 0 Å². The van der Waals surface area contributed by atoms with Gasteiger partial charge in [0, 0.05) is 18.8 Å². The van der Waals surface area contributed by atoms with Crippen molar-refractivity contribution in [1.82, 2.24) is 5.32 Å². The lowest BCUT2D eigenvalue weighted by Crippen LogP contribution is -2.20. The zero-order valence-corrected chi connectivity index (χ0v) is 9.04. The summed E-state index contributed by atoms with van der Waals surface area (Å²) in [7, 11) is 1.61. The third kappa shape index (κ3) is 3.50. The van der Waals surface area contributed by atoms with Crippen molar-refractivity contribution in [3.8, 4) is 5.75 Å². The lowest BCUT2D eigenvalue weighted by atomic mass is 10.2. The predicted molar refractivity (Wildman–Crippen MR) is 59.8 cm³/mol. The number of nitrogen functional groups attached to an aromatic ring is 1. The minimum absolute atomic E-state index is 0.0310. The van der Waals surface area contributed by atoms with Crippen LogP contribution >= 0.6 is 0 Å². The number of nitrogens with one attached hydrogen (secondary N) is 1. The first-order valence-corrected chi connectivity index (χ1v) is 4.83. The lowest BCUT2D eigenvalue weighted by molar-refractivity contribution is -0.121. The second kappa shape index (κ2) is 5.24.